The molecule has 2 aromatic rings. The zero-order valence-electron chi connectivity index (χ0n) is 14.0. The maximum Gasteiger partial charge on any atom is 0.242 e. The largest absolute Gasteiger partial charge is 0.491 e. The van der Waals surface area contributed by atoms with Crippen molar-refractivity contribution in [3.05, 3.63) is 47.8 Å². The van der Waals surface area contributed by atoms with Crippen LogP contribution >= 0.6 is 0 Å². The lowest BCUT2D eigenvalue weighted by Gasteiger charge is -2.15. The molecule has 23 heavy (non-hydrogen) atoms. The van der Waals surface area contributed by atoms with Gasteiger partial charge in [-0.3, -0.25) is 9.48 Å². The molecule has 6 heteroatoms. The monoisotopic (exact) mass is 316 g/mol. The maximum atomic E-state index is 12.3. The summed E-state index contributed by atoms with van der Waals surface area (Å²) in [6.45, 7) is 4.45. The number of aromatic nitrogens is 2. The highest BCUT2D eigenvalue weighted by Crippen LogP contribution is 2.15. The zero-order chi connectivity index (χ0) is 16.8. The van der Waals surface area contributed by atoms with E-state index in [0.29, 0.717) is 6.54 Å². The second-order valence-corrected chi connectivity index (χ2v) is 5.70. The first-order chi connectivity index (χ1) is 11.0. The van der Waals surface area contributed by atoms with E-state index in [1.165, 1.54) is 0 Å². The van der Waals surface area contributed by atoms with Crippen molar-refractivity contribution in [1.29, 1.82) is 0 Å². The Morgan fingerprint density at radius 1 is 1.30 bits per heavy atom. The van der Waals surface area contributed by atoms with Crippen LogP contribution in [0.2, 0.25) is 0 Å². The number of ether oxygens (including phenoxy) is 1. The van der Waals surface area contributed by atoms with E-state index in [4.69, 9.17) is 4.74 Å². The van der Waals surface area contributed by atoms with Gasteiger partial charge in [-0.05, 0) is 38.6 Å². The number of nitrogens with zero attached hydrogens (tertiary/aromatic N) is 2. The van der Waals surface area contributed by atoms with Crippen molar-refractivity contribution in [1.82, 2.24) is 20.4 Å². The molecule has 0 radical (unpaired) electrons. The Labute approximate surface area is 136 Å². The van der Waals surface area contributed by atoms with E-state index in [1.807, 2.05) is 51.4 Å². The fourth-order valence-electron chi connectivity index (χ4n) is 2.29. The highest BCUT2D eigenvalue weighted by molar-refractivity contribution is 5.83. The van der Waals surface area contributed by atoms with Crippen molar-refractivity contribution < 1.29 is 9.53 Å². The number of carbonyl (C=O) groups is 1. The number of hydrogen-bond donors (Lipinski definition) is 2. The van der Waals surface area contributed by atoms with Gasteiger partial charge in [-0.2, -0.15) is 5.10 Å². The van der Waals surface area contributed by atoms with E-state index in [1.54, 1.807) is 17.9 Å². The fraction of sp³-hybridized carbons (Fsp3) is 0.412. The zero-order valence-corrected chi connectivity index (χ0v) is 14.0. The smallest absolute Gasteiger partial charge is 0.242 e. The molecule has 1 aromatic carbocycles. The number of hydrogen-bond acceptors (Lipinski definition) is 4. The number of rotatable bonds is 7. The Morgan fingerprint density at radius 2 is 2.00 bits per heavy atom. The third kappa shape index (κ3) is 4.82. The minimum absolute atomic E-state index is 0.0805. The minimum Gasteiger partial charge on any atom is -0.491 e. The molecule has 0 saturated carbocycles. The lowest BCUT2D eigenvalue weighted by atomic mass is 10.1. The van der Waals surface area contributed by atoms with E-state index in [2.05, 4.69) is 15.7 Å². The molecule has 0 aliphatic heterocycles. The van der Waals surface area contributed by atoms with Gasteiger partial charge in [0, 0.05) is 25.4 Å². The molecule has 0 aliphatic rings. The van der Waals surface area contributed by atoms with Crippen molar-refractivity contribution in [2.24, 2.45) is 7.05 Å². The predicted octanol–water partition coefficient (Wildman–Crippen LogP) is 1.78. The number of likely N-dealkylation sites (N-methyl/N-ethyl adjacent to an activating group) is 1. The van der Waals surface area contributed by atoms with Crippen molar-refractivity contribution in [3.8, 4) is 5.75 Å². The number of nitrogens with one attached hydrogen (secondary N) is 2. The van der Waals surface area contributed by atoms with E-state index >= 15 is 0 Å². The highest BCUT2D eigenvalue weighted by atomic mass is 16.5. The molecule has 0 fully saturated rings. The Kier molecular flexibility index (Phi) is 5.76. The van der Waals surface area contributed by atoms with Crippen molar-refractivity contribution in [2.45, 2.75) is 32.5 Å². The Balaban J connectivity index is 1.92. The van der Waals surface area contributed by atoms with Gasteiger partial charge in [-0.1, -0.05) is 12.1 Å². The topological polar surface area (TPSA) is 68.2 Å². The molecule has 0 aliphatic carbocycles. The minimum atomic E-state index is -0.410. The summed E-state index contributed by atoms with van der Waals surface area (Å²) in [5, 5.41) is 10.1. The van der Waals surface area contributed by atoms with Crippen molar-refractivity contribution in [2.75, 3.05) is 7.05 Å². The molecule has 1 heterocycles. The fourth-order valence-corrected chi connectivity index (χ4v) is 2.29. The molecule has 1 atom stereocenters. The molecule has 2 N–H and O–H groups in total. The quantitative estimate of drug-likeness (QED) is 0.817. The first kappa shape index (κ1) is 17.0. The van der Waals surface area contributed by atoms with Crippen molar-refractivity contribution >= 4 is 5.91 Å². The van der Waals surface area contributed by atoms with Gasteiger partial charge in [0.2, 0.25) is 5.91 Å². The van der Waals surface area contributed by atoms with Gasteiger partial charge in [-0.25, -0.2) is 0 Å². The van der Waals surface area contributed by atoms with Crippen LogP contribution in [0.3, 0.4) is 0 Å². The van der Waals surface area contributed by atoms with Crippen LogP contribution < -0.4 is 15.4 Å². The Hall–Kier alpha value is -2.34. The third-order valence-corrected chi connectivity index (χ3v) is 3.37. The Bertz CT molecular complexity index is 634. The van der Waals surface area contributed by atoms with Crippen LogP contribution in [0.15, 0.2) is 36.7 Å². The molecule has 6 nitrogen and oxygen atoms in total. The van der Waals surface area contributed by atoms with Gasteiger partial charge >= 0.3 is 0 Å². The highest BCUT2D eigenvalue weighted by Gasteiger charge is 2.19. The standard InChI is InChI=1S/C17H24N4O2/c1-12(2)23-15-7-5-13(6-8-15)9-19-17(22)16(18-3)14-10-20-21(4)11-14/h5-8,10-12,16,18H,9H2,1-4H3,(H,19,22). The van der Waals surface area contributed by atoms with Gasteiger partial charge in [0.1, 0.15) is 11.8 Å². The molecule has 1 unspecified atom stereocenters. The molecule has 1 amide bonds. The molecule has 124 valence electrons. The van der Waals surface area contributed by atoms with E-state index in [0.717, 1.165) is 16.9 Å². The molecule has 0 saturated heterocycles. The van der Waals surface area contributed by atoms with Gasteiger partial charge < -0.3 is 15.4 Å². The van der Waals surface area contributed by atoms with Crippen molar-refractivity contribution in [3.63, 3.8) is 0 Å². The summed E-state index contributed by atoms with van der Waals surface area (Å²) in [5.41, 5.74) is 1.86. The van der Waals surface area contributed by atoms with Crippen LogP contribution in [0.1, 0.15) is 31.0 Å². The average Bonchev–Trinajstić information content (AvgIpc) is 2.93. The van der Waals surface area contributed by atoms with E-state index < -0.39 is 6.04 Å². The third-order valence-electron chi connectivity index (χ3n) is 3.37. The predicted molar refractivity (Wildman–Crippen MR) is 89.1 cm³/mol. The van der Waals surface area contributed by atoms with Gasteiger partial charge in [0.25, 0.3) is 0 Å². The second kappa shape index (κ2) is 7.78. The second-order valence-electron chi connectivity index (χ2n) is 5.70. The average molecular weight is 316 g/mol. The van der Waals surface area contributed by atoms with Gasteiger partial charge in [-0.15, -0.1) is 0 Å². The molecule has 1 aromatic heterocycles. The molecular weight excluding hydrogens is 292 g/mol. The van der Waals surface area contributed by atoms with Gasteiger partial charge in [0.05, 0.1) is 12.3 Å². The van der Waals surface area contributed by atoms with Crippen LogP contribution in [0, 0.1) is 0 Å². The number of benzene rings is 1. The molecule has 0 spiro atoms. The normalized spacial score (nSPS) is 12.2. The molecule has 2 rings (SSSR count). The SMILES string of the molecule is CNC(C(=O)NCc1ccc(OC(C)C)cc1)c1cnn(C)c1. The lowest BCUT2D eigenvalue weighted by molar-refractivity contribution is -0.123. The maximum absolute atomic E-state index is 12.3. The number of aryl methyl sites for hydroxylation is 1. The summed E-state index contributed by atoms with van der Waals surface area (Å²) in [6.07, 6.45) is 3.67. The summed E-state index contributed by atoms with van der Waals surface area (Å²) in [7, 11) is 3.59. The first-order valence-corrected chi connectivity index (χ1v) is 7.68. The lowest BCUT2D eigenvalue weighted by Crippen LogP contribution is -2.35. The van der Waals surface area contributed by atoms with Crippen LogP contribution in [-0.4, -0.2) is 28.8 Å². The first-order valence-electron chi connectivity index (χ1n) is 7.68. The summed E-state index contributed by atoms with van der Waals surface area (Å²) >= 11 is 0. The summed E-state index contributed by atoms with van der Waals surface area (Å²) in [5.74, 6) is 0.751. The van der Waals surface area contributed by atoms with Crippen LogP contribution in [-0.2, 0) is 18.4 Å². The molecular formula is C17H24N4O2. The van der Waals surface area contributed by atoms with Crippen LogP contribution in [0.4, 0.5) is 0 Å². The van der Waals surface area contributed by atoms with Gasteiger partial charge in [0.15, 0.2) is 0 Å². The summed E-state index contributed by atoms with van der Waals surface area (Å²) in [4.78, 5) is 12.3. The summed E-state index contributed by atoms with van der Waals surface area (Å²) < 4.78 is 7.28. The molecule has 0 bridgehead atoms. The van der Waals surface area contributed by atoms with E-state index in [9.17, 15) is 4.79 Å². The number of carbonyl (C=O) groups excluding carboxylic acids is 1. The van der Waals surface area contributed by atoms with Crippen LogP contribution in [0.25, 0.3) is 0 Å². The van der Waals surface area contributed by atoms with E-state index in [-0.39, 0.29) is 12.0 Å². The Morgan fingerprint density at radius 3 is 2.52 bits per heavy atom. The summed E-state index contributed by atoms with van der Waals surface area (Å²) in [6, 6.07) is 7.33. The van der Waals surface area contributed by atoms with Crippen LogP contribution in [0.5, 0.6) is 5.75 Å². The number of amides is 1.